The Balaban J connectivity index is 2.29. The van der Waals surface area contributed by atoms with Crippen LogP contribution in [0.25, 0.3) is 5.57 Å². The van der Waals surface area contributed by atoms with Crippen molar-refractivity contribution in [1.82, 2.24) is 5.32 Å². The van der Waals surface area contributed by atoms with Gasteiger partial charge in [0.25, 0.3) is 0 Å². The first kappa shape index (κ1) is 9.41. The monoisotopic (exact) mass is 191 g/mol. The van der Waals surface area contributed by atoms with E-state index >= 15 is 0 Å². The molecule has 1 nitrogen and oxygen atoms in total. The molecule has 0 atom stereocenters. The summed E-state index contributed by atoms with van der Waals surface area (Å²) in [6, 6.07) is 6.99. The topological polar surface area (TPSA) is 12.0 Å². The third-order valence-corrected chi connectivity index (χ3v) is 2.50. The van der Waals surface area contributed by atoms with Gasteiger partial charge in [-0.15, -0.1) is 0 Å². The van der Waals surface area contributed by atoms with Gasteiger partial charge in [-0.25, -0.2) is 4.39 Å². The van der Waals surface area contributed by atoms with Gasteiger partial charge in [-0.2, -0.15) is 0 Å². The molecule has 0 aromatic heterocycles. The number of halogens is 1. The zero-order chi connectivity index (χ0) is 9.80. The number of rotatable bonds is 1. The van der Waals surface area contributed by atoms with Gasteiger partial charge in [0.05, 0.1) is 0 Å². The first-order valence-corrected chi connectivity index (χ1v) is 5.02. The minimum atomic E-state index is -0.111. The number of nitrogens with one attached hydrogen (secondary N) is 1. The summed E-state index contributed by atoms with van der Waals surface area (Å²) in [6.07, 6.45) is 4.04. The maximum absolute atomic E-state index is 13.4. The average Bonchev–Trinajstić information content (AvgIpc) is 2.47. The molecule has 74 valence electrons. The molecule has 0 fully saturated rings. The summed E-state index contributed by atoms with van der Waals surface area (Å²) in [4.78, 5) is 0. The smallest absolute Gasteiger partial charge is 0.130 e. The van der Waals surface area contributed by atoms with Gasteiger partial charge in [0.15, 0.2) is 0 Å². The molecule has 0 aliphatic carbocycles. The predicted octanol–water partition coefficient (Wildman–Crippen LogP) is 2.59. The van der Waals surface area contributed by atoms with Gasteiger partial charge in [0.2, 0.25) is 0 Å². The van der Waals surface area contributed by atoms with Gasteiger partial charge in [0, 0.05) is 5.56 Å². The van der Waals surface area contributed by atoms with E-state index in [2.05, 4.69) is 11.4 Å². The van der Waals surface area contributed by atoms with Crippen LogP contribution < -0.4 is 5.32 Å². The van der Waals surface area contributed by atoms with Crippen LogP contribution in [0.15, 0.2) is 30.3 Å². The SMILES string of the molecule is Fc1ccccc1C1=CCCNCC1. The predicted molar refractivity (Wildman–Crippen MR) is 56.5 cm³/mol. The summed E-state index contributed by atoms with van der Waals surface area (Å²) in [7, 11) is 0. The van der Waals surface area contributed by atoms with Crippen LogP contribution in [0.2, 0.25) is 0 Å². The number of benzene rings is 1. The Bertz CT molecular complexity index is 344. The molecule has 14 heavy (non-hydrogen) atoms. The molecule has 0 saturated heterocycles. The lowest BCUT2D eigenvalue weighted by atomic mass is 10.0. The fourth-order valence-electron chi connectivity index (χ4n) is 1.76. The molecule has 0 bridgehead atoms. The van der Waals surface area contributed by atoms with Crippen molar-refractivity contribution in [2.24, 2.45) is 0 Å². The van der Waals surface area contributed by atoms with Gasteiger partial charge in [-0.05, 0) is 37.6 Å². The van der Waals surface area contributed by atoms with E-state index in [1.54, 1.807) is 6.07 Å². The van der Waals surface area contributed by atoms with Crippen molar-refractivity contribution in [3.05, 3.63) is 41.7 Å². The molecule has 0 radical (unpaired) electrons. The van der Waals surface area contributed by atoms with Crippen LogP contribution in [-0.4, -0.2) is 13.1 Å². The molecule has 2 heteroatoms. The molecular weight excluding hydrogens is 177 g/mol. The molecule has 0 spiro atoms. The summed E-state index contributed by atoms with van der Waals surface area (Å²) in [5.74, 6) is -0.111. The highest BCUT2D eigenvalue weighted by atomic mass is 19.1. The molecule has 1 aliphatic rings. The summed E-state index contributed by atoms with van der Waals surface area (Å²) in [6.45, 7) is 1.94. The van der Waals surface area contributed by atoms with Crippen LogP contribution in [0.3, 0.4) is 0 Å². The van der Waals surface area contributed by atoms with E-state index in [1.807, 2.05) is 12.1 Å². The standard InChI is InChI=1S/C12H14FN/c13-12-6-2-1-5-11(12)10-4-3-8-14-9-7-10/h1-2,4-6,14H,3,7-9H2. The third kappa shape index (κ3) is 2.02. The highest BCUT2D eigenvalue weighted by Crippen LogP contribution is 2.22. The molecular formula is C12H14FN. The van der Waals surface area contributed by atoms with E-state index in [0.29, 0.717) is 0 Å². The van der Waals surface area contributed by atoms with Crippen molar-refractivity contribution in [2.45, 2.75) is 12.8 Å². The van der Waals surface area contributed by atoms with Crippen LogP contribution in [0, 0.1) is 5.82 Å². The Morgan fingerprint density at radius 1 is 1.14 bits per heavy atom. The van der Waals surface area contributed by atoms with Crippen LogP contribution in [0.1, 0.15) is 18.4 Å². The van der Waals surface area contributed by atoms with Crippen molar-refractivity contribution in [2.75, 3.05) is 13.1 Å². The van der Waals surface area contributed by atoms with E-state index in [0.717, 1.165) is 37.1 Å². The summed E-state index contributed by atoms with van der Waals surface area (Å²) in [5, 5.41) is 3.29. The normalized spacial score (nSPS) is 17.4. The Morgan fingerprint density at radius 2 is 2.00 bits per heavy atom. The van der Waals surface area contributed by atoms with Crippen LogP contribution >= 0.6 is 0 Å². The lowest BCUT2D eigenvalue weighted by Crippen LogP contribution is -2.13. The van der Waals surface area contributed by atoms with Crippen molar-refractivity contribution in [3.8, 4) is 0 Å². The molecule has 0 amide bonds. The second kappa shape index (κ2) is 4.38. The van der Waals surface area contributed by atoms with E-state index < -0.39 is 0 Å². The van der Waals surface area contributed by atoms with E-state index in [-0.39, 0.29) is 5.82 Å². The lowest BCUT2D eigenvalue weighted by molar-refractivity contribution is 0.622. The molecule has 1 aliphatic heterocycles. The minimum absolute atomic E-state index is 0.111. The fourth-order valence-corrected chi connectivity index (χ4v) is 1.76. The molecule has 1 aromatic rings. The largest absolute Gasteiger partial charge is 0.316 e. The summed E-state index contributed by atoms with van der Waals surface area (Å²) in [5.41, 5.74) is 1.89. The highest BCUT2D eigenvalue weighted by Gasteiger charge is 2.08. The minimum Gasteiger partial charge on any atom is -0.316 e. The van der Waals surface area contributed by atoms with Gasteiger partial charge >= 0.3 is 0 Å². The van der Waals surface area contributed by atoms with Gasteiger partial charge in [-0.3, -0.25) is 0 Å². The molecule has 1 N–H and O–H groups in total. The van der Waals surface area contributed by atoms with Crippen LogP contribution in [0.5, 0.6) is 0 Å². The van der Waals surface area contributed by atoms with E-state index in [1.165, 1.54) is 6.07 Å². The van der Waals surface area contributed by atoms with Crippen LogP contribution in [-0.2, 0) is 0 Å². The Morgan fingerprint density at radius 3 is 2.86 bits per heavy atom. The molecule has 0 unspecified atom stereocenters. The zero-order valence-corrected chi connectivity index (χ0v) is 8.09. The molecule has 0 saturated carbocycles. The van der Waals surface area contributed by atoms with Gasteiger partial charge in [-0.1, -0.05) is 24.3 Å². The van der Waals surface area contributed by atoms with Crippen molar-refractivity contribution in [1.29, 1.82) is 0 Å². The molecule has 1 heterocycles. The quantitative estimate of drug-likeness (QED) is 0.719. The third-order valence-electron chi connectivity index (χ3n) is 2.50. The Hall–Kier alpha value is -1.15. The summed E-state index contributed by atoms with van der Waals surface area (Å²) < 4.78 is 13.4. The Labute approximate surface area is 83.6 Å². The van der Waals surface area contributed by atoms with Gasteiger partial charge in [0.1, 0.15) is 5.82 Å². The average molecular weight is 191 g/mol. The first-order chi connectivity index (χ1) is 6.88. The zero-order valence-electron chi connectivity index (χ0n) is 8.09. The number of hydrogen-bond donors (Lipinski definition) is 1. The highest BCUT2D eigenvalue weighted by molar-refractivity contribution is 5.66. The Kier molecular flexibility index (Phi) is 2.94. The fraction of sp³-hybridized carbons (Fsp3) is 0.333. The number of hydrogen-bond acceptors (Lipinski definition) is 1. The van der Waals surface area contributed by atoms with E-state index in [4.69, 9.17) is 0 Å². The molecule has 1 aromatic carbocycles. The molecule has 2 rings (SSSR count). The van der Waals surface area contributed by atoms with Crippen molar-refractivity contribution >= 4 is 5.57 Å². The lowest BCUT2D eigenvalue weighted by Gasteiger charge is -2.06. The van der Waals surface area contributed by atoms with Crippen molar-refractivity contribution < 1.29 is 4.39 Å². The maximum atomic E-state index is 13.4. The van der Waals surface area contributed by atoms with Crippen LogP contribution in [0.4, 0.5) is 4.39 Å². The first-order valence-electron chi connectivity index (χ1n) is 5.02. The van der Waals surface area contributed by atoms with Crippen molar-refractivity contribution in [3.63, 3.8) is 0 Å². The second-order valence-electron chi connectivity index (χ2n) is 3.50. The van der Waals surface area contributed by atoms with Gasteiger partial charge < -0.3 is 5.32 Å². The second-order valence-corrected chi connectivity index (χ2v) is 3.50. The van der Waals surface area contributed by atoms with E-state index in [9.17, 15) is 4.39 Å². The summed E-state index contributed by atoms with van der Waals surface area (Å²) >= 11 is 0. The maximum Gasteiger partial charge on any atom is 0.130 e.